The Hall–Kier alpha value is -1.73. The zero-order valence-corrected chi connectivity index (χ0v) is 12.6. The van der Waals surface area contributed by atoms with Gasteiger partial charge < -0.3 is 19.4 Å². The van der Waals surface area contributed by atoms with E-state index in [-0.39, 0.29) is 0 Å². The molecule has 0 spiro atoms. The molecule has 2 fully saturated rings. The Morgan fingerprint density at radius 1 is 1.23 bits per heavy atom. The van der Waals surface area contributed by atoms with Crippen molar-refractivity contribution in [2.75, 3.05) is 37.8 Å². The summed E-state index contributed by atoms with van der Waals surface area (Å²) in [7, 11) is 0. The highest BCUT2D eigenvalue weighted by atomic mass is 16.5. The van der Waals surface area contributed by atoms with E-state index in [9.17, 15) is 0 Å². The molecule has 118 valence electrons. The number of rotatable bonds is 4. The first-order valence-electron chi connectivity index (χ1n) is 7.98. The molecule has 1 atom stereocenters. The minimum Gasteiger partial charge on any atom is -0.381 e. The standard InChI is InChI=1S/C15H21N5O2/c1-4-20(15-13-14(17-9-16-13)18-10-19-15)5-2-12(1)22-8-11-3-6-21-7-11/h9-12H,1-8H2,(H,16,17,18,19). The van der Waals surface area contributed by atoms with Crippen molar-refractivity contribution in [2.24, 2.45) is 5.92 Å². The maximum atomic E-state index is 6.06. The average molecular weight is 303 g/mol. The Bertz CT molecular complexity index is 617. The highest BCUT2D eigenvalue weighted by Gasteiger charge is 2.24. The second kappa shape index (κ2) is 6.18. The number of hydrogen-bond donors (Lipinski definition) is 1. The second-order valence-corrected chi connectivity index (χ2v) is 6.05. The van der Waals surface area contributed by atoms with E-state index in [1.807, 2.05) is 0 Å². The van der Waals surface area contributed by atoms with Crippen molar-refractivity contribution < 1.29 is 9.47 Å². The number of aromatic amines is 1. The minimum absolute atomic E-state index is 0.357. The first kappa shape index (κ1) is 13.9. The number of anilines is 1. The van der Waals surface area contributed by atoms with E-state index in [0.717, 1.165) is 69.2 Å². The Morgan fingerprint density at radius 2 is 2.14 bits per heavy atom. The largest absolute Gasteiger partial charge is 0.381 e. The lowest BCUT2D eigenvalue weighted by atomic mass is 10.1. The Kier molecular flexibility index (Phi) is 3.90. The topological polar surface area (TPSA) is 76.2 Å². The van der Waals surface area contributed by atoms with Crippen LogP contribution in [0.1, 0.15) is 19.3 Å². The highest BCUT2D eigenvalue weighted by Crippen LogP contribution is 2.25. The van der Waals surface area contributed by atoms with Crippen LogP contribution in [0.5, 0.6) is 0 Å². The van der Waals surface area contributed by atoms with Crippen LogP contribution in [0.2, 0.25) is 0 Å². The van der Waals surface area contributed by atoms with E-state index in [1.165, 1.54) is 0 Å². The Balaban J connectivity index is 1.34. The zero-order valence-electron chi connectivity index (χ0n) is 12.6. The molecule has 1 N–H and O–H groups in total. The summed E-state index contributed by atoms with van der Waals surface area (Å²) in [6.45, 7) is 4.49. The zero-order chi connectivity index (χ0) is 14.8. The molecule has 0 radical (unpaired) electrons. The van der Waals surface area contributed by atoms with Gasteiger partial charge in [0.1, 0.15) is 11.8 Å². The molecule has 2 aromatic rings. The van der Waals surface area contributed by atoms with E-state index < -0.39 is 0 Å². The van der Waals surface area contributed by atoms with Gasteiger partial charge >= 0.3 is 0 Å². The van der Waals surface area contributed by atoms with Gasteiger partial charge in [0.25, 0.3) is 0 Å². The first-order valence-corrected chi connectivity index (χ1v) is 7.98. The van der Waals surface area contributed by atoms with Gasteiger partial charge in [-0.25, -0.2) is 15.0 Å². The molecule has 22 heavy (non-hydrogen) atoms. The molecule has 0 bridgehead atoms. The summed E-state index contributed by atoms with van der Waals surface area (Å²) in [6, 6.07) is 0. The van der Waals surface area contributed by atoms with Gasteiger partial charge in [0.05, 0.1) is 25.6 Å². The van der Waals surface area contributed by atoms with E-state index in [0.29, 0.717) is 12.0 Å². The van der Waals surface area contributed by atoms with Crippen LogP contribution < -0.4 is 4.90 Å². The molecule has 0 aliphatic carbocycles. The third-order valence-corrected chi connectivity index (χ3v) is 4.54. The second-order valence-electron chi connectivity index (χ2n) is 6.05. The average Bonchev–Trinajstić information content (AvgIpc) is 3.24. The van der Waals surface area contributed by atoms with Gasteiger partial charge in [-0.15, -0.1) is 0 Å². The lowest BCUT2D eigenvalue weighted by Gasteiger charge is -2.33. The lowest BCUT2D eigenvalue weighted by Crippen LogP contribution is -2.38. The smallest absolute Gasteiger partial charge is 0.182 e. The number of fused-ring (bicyclic) bond motifs is 1. The lowest BCUT2D eigenvalue weighted by molar-refractivity contribution is 0.0131. The number of ether oxygens (including phenoxy) is 2. The van der Waals surface area contributed by atoms with Crippen LogP contribution in [0.25, 0.3) is 11.2 Å². The molecule has 2 aliphatic heterocycles. The summed E-state index contributed by atoms with van der Waals surface area (Å²) in [4.78, 5) is 18.2. The van der Waals surface area contributed by atoms with Crippen LogP contribution in [-0.2, 0) is 9.47 Å². The fourth-order valence-corrected chi connectivity index (χ4v) is 3.21. The van der Waals surface area contributed by atoms with Crippen molar-refractivity contribution in [1.29, 1.82) is 0 Å². The molecule has 0 saturated carbocycles. The van der Waals surface area contributed by atoms with Crippen molar-refractivity contribution in [3.05, 3.63) is 12.7 Å². The first-order chi connectivity index (χ1) is 10.9. The summed E-state index contributed by atoms with van der Waals surface area (Å²) in [5.74, 6) is 1.54. The molecular formula is C15H21N5O2. The molecule has 4 heterocycles. The summed E-state index contributed by atoms with van der Waals surface area (Å²) in [5, 5.41) is 0. The maximum absolute atomic E-state index is 6.06. The SMILES string of the molecule is c1nc(N2CCC(OCC3CCOC3)CC2)c2[nH]cnc2n1. The van der Waals surface area contributed by atoms with Gasteiger partial charge in [0, 0.05) is 25.6 Å². The predicted octanol–water partition coefficient (Wildman–Crippen LogP) is 1.37. The van der Waals surface area contributed by atoms with E-state index in [2.05, 4.69) is 24.8 Å². The van der Waals surface area contributed by atoms with Crippen LogP contribution in [-0.4, -0.2) is 59.0 Å². The number of aromatic nitrogens is 4. The molecule has 1 unspecified atom stereocenters. The molecule has 7 nitrogen and oxygen atoms in total. The fourth-order valence-electron chi connectivity index (χ4n) is 3.21. The van der Waals surface area contributed by atoms with E-state index in [1.54, 1.807) is 12.7 Å². The molecule has 7 heteroatoms. The normalized spacial score (nSPS) is 23.5. The Labute approximate surface area is 129 Å². The molecule has 2 aliphatic rings. The van der Waals surface area contributed by atoms with Crippen LogP contribution in [0.4, 0.5) is 5.82 Å². The number of piperidine rings is 1. The minimum atomic E-state index is 0.357. The monoisotopic (exact) mass is 303 g/mol. The highest BCUT2D eigenvalue weighted by molar-refractivity contribution is 5.82. The van der Waals surface area contributed by atoms with Gasteiger partial charge in [-0.05, 0) is 19.3 Å². The van der Waals surface area contributed by atoms with Crippen molar-refractivity contribution in [3.63, 3.8) is 0 Å². The molecule has 0 aromatic carbocycles. The number of nitrogens with one attached hydrogen (secondary N) is 1. The fraction of sp³-hybridized carbons (Fsp3) is 0.667. The van der Waals surface area contributed by atoms with Crippen LogP contribution in [0.3, 0.4) is 0 Å². The number of hydrogen-bond acceptors (Lipinski definition) is 6. The molecule has 2 aromatic heterocycles. The number of nitrogens with zero attached hydrogens (tertiary/aromatic N) is 4. The van der Waals surface area contributed by atoms with Gasteiger partial charge in [-0.3, -0.25) is 0 Å². The molecule has 0 amide bonds. The summed E-state index contributed by atoms with van der Waals surface area (Å²) in [5.41, 5.74) is 1.65. The van der Waals surface area contributed by atoms with Gasteiger partial charge in [0.2, 0.25) is 0 Å². The molecular weight excluding hydrogens is 282 g/mol. The summed E-state index contributed by atoms with van der Waals surface area (Å²) in [6.07, 6.45) is 6.82. The van der Waals surface area contributed by atoms with Gasteiger partial charge in [-0.2, -0.15) is 0 Å². The van der Waals surface area contributed by atoms with Crippen molar-refractivity contribution in [1.82, 2.24) is 19.9 Å². The van der Waals surface area contributed by atoms with Gasteiger partial charge in [-0.1, -0.05) is 0 Å². The van der Waals surface area contributed by atoms with Crippen molar-refractivity contribution >= 4 is 17.0 Å². The van der Waals surface area contributed by atoms with E-state index in [4.69, 9.17) is 9.47 Å². The third-order valence-electron chi connectivity index (χ3n) is 4.54. The molecule has 4 rings (SSSR count). The predicted molar refractivity (Wildman–Crippen MR) is 81.8 cm³/mol. The summed E-state index contributed by atoms with van der Waals surface area (Å²) >= 11 is 0. The van der Waals surface area contributed by atoms with Crippen molar-refractivity contribution in [2.45, 2.75) is 25.4 Å². The number of imidazole rings is 1. The molecule has 2 saturated heterocycles. The van der Waals surface area contributed by atoms with Gasteiger partial charge in [0.15, 0.2) is 11.5 Å². The number of H-pyrrole nitrogens is 1. The van der Waals surface area contributed by atoms with Crippen LogP contribution in [0, 0.1) is 5.92 Å². The van der Waals surface area contributed by atoms with E-state index >= 15 is 0 Å². The third kappa shape index (κ3) is 2.78. The summed E-state index contributed by atoms with van der Waals surface area (Å²) < 4.78 is 11.5. The quantitative estimate of drug-likeness (QED) is 0.919. The van der Waals surface area contributed by atoms with Crippen molar-refractivity contribution in [3.8, 4) is 0 Å². The Morgan fingerprint density at radius 3 is 2.95 bits per heavy atom. The van der Waals surface area contributed by atoms with Crippen LogP contribution in [0.15, 0.2) is 12.7 Å². The van der Waals surface area contributed by atoms with Crippen LogP contribution >= 0.6 is 0 Å². The maximum Gasteiger partial charge on any atom is 0.182 e.